The molecule has 0 aliphatic rings. The third kappa shape index (κ3) is 5.21. The molecule has 2 N–H and O–H groups in total. The lowest BCUT2D eigenvalue weighted by Crippen LogP contribution is -2.45. The lowest BCUT2D eigenvalue weighted by Gasteiger charge is -2.21. The van der Waals surface area contributed by atoms with E-state index in [1.165, 1.54) is 18.2 Å². The fourth-order valence-electron chi connectivity index (χ4n) is 2.14. The summed E-state index contributed by atoms with van der Waals surface area (Å²) in [7, 11) is 1.36. The molecule has 4 nitrogen and oxygen atoms in total. The Morgan fingerprint density at radius 2 is 1.80 bits per heavy atom. The number of carbonyl (C=O) groups excluding carboxylic acids is 1. The second-order valence-electron chi connectivity index (χ2n) is 5.54. The Morgan fingerprint density at radius 1 is 1.20 bits per heavy atom. The van der Waals surface area contributed by atoms with Gasteiger partial charge in [-0.15, -0.1) is 0 Å². The third-order valence-electron chi connectivity index (χ3n) is 3.21. The largest absolute Gasteiger partial charge is 0.494 e. The van der Waals surface area contributed by atoms with Gasteiger partial charge in [-0.1, -0.05) is 6.07 Å². The van der Waals surface area contributed by atoms with Crippen molar-refractivity contribution >= 4 is 5.97 Å². The molecule has 0 saturated heterocycles. The number of esters is 1. The van der Waals surface area contributed by atoms with E-state index in [0.717, 1.165) is 18.6 Å². The molecule has 0 aliphatic carbocycles. The average Bonchev–Trinajstić information content (AvgIpc) is 2.36. The van der Waals surface area contributed by atoms with E-state index in [1.54, 1.807) is 6.92 Å². The molecular formula is C16H25NO3. The number of benzene rings is 1. The summed E-state index contributed by atoms with van der Waals surface area (Å²) >= 11 is 0. The smallest absolute Gasteiger partial charge is 0.325 e. The highest BCUT2D eigenvalue weighted by Gasteiger charge is 2.28. The summed E-state index contributed by atoms with van der Waals surface area (Å²) in [6.45, 7) is 6.43. The fourth-order valence-corrected chi connectivity index (χ4v) is 2.14. The molecule has 0 amide bonds. The number of aryl methyl sites for hydroxylation is 2. The van der Waals surface area contributed by atoms with Crippen molar-refractivity contribution < 1.29 is 14.3 Å². The van der Waals surface area contributed by atoms with Crippen LogP contribution in [0, 0.1) is 13.8 Å². The Morgan fingerprint density at radius 3 is 2.35 bits per heavy atom. The van der Waals surface area contributed by atoms with Crippen molar-refractivity contribution in [2.75, 3.05) is 13.7 Å². The molecule has 0 saturated carbocycles. The first-order valence-electron chi connectivity index (χ1n) is 6.93. The van der Waals surface area contributed by atoms with Gasteiger partial charge >= 0.3 is 5.97 Å². The van der Waals surface area contributed by atoms with Gasteiger partial charge in [0.05, 0.1) is 13.7 Å². The molecule has 4 heteroatoms. The van der Waals surface area contributed by atoms with E-state index in [9.17, 15) is 4.79 Å². The van der Waals surface area contributed by atoms with E-state index in [4.69, 9.17) is 10.5 Å². The number of hydrogen-bond donors (Lipinski definition) is 1. The topological polar surface area (TPSA) is 61.5 Å². The third-order valence-corrected chi connectivity index (χ3v) is 3.21. The van der Waals surface area contributed by atoms with E-state index in [1.807, 2.05) is 12.1 Å². The van der Waals surface area contributed by atoms with Crippen LogP contribution in [-0.2, 0) is 9.53 Å². The summed E-state index contributed by atoms with van der Waals surface area (Å²) in [5.41, 5.74) is 7.37. The van der Waals surface area contributed by atoms with Crippen LogP contribution in [0.15, 0.2) is 18.2 Å². The minimum atomic E-state index is -0.908. The average molecular weight is 279 g/mol. The molecule has 112 valence electrons. The first-order chi connectivity index (χ1) is 9.35. The van der Waals surface area contributed by atoms with Crippen molar-refractivity contribution in [2.24, 2.45) is 5.73 Å². The molecule has 0 spiro atoms. The van der Waals surface area contributed by atoms with E-state index >= 15 is 0 Å². The summed E-state index contributed by atoms with van der Waals surface area (Å²) in [5, 5.41) is 0. The van der Waals surface area contributed by atoms with E-state index < -0.39 is 5.54 Å². The van der Waals surface area contributed by atoms with Crippen molar-refractivity contribution in [3.05, 3.63) is 29.3 Å². The summed E-state index contributed by atoms with van der Waals surface area (Å²) < 4.78 is 10.4. The Bertz CT molecular complexity index is 435. The molecule has 0 radical (unpaired) electrons. The summed E-state index contributed by atoms with van der Waals surface area (Å²) in [4.78, 5) is 11.4. The summed E-state index contributed by atoms with van der Waals surface area (Å²) in [5.74, 6) is 0.527. The van der Waals surface area contributed by atoms with Crippen LogP contribution in [0.2, 0.25) is 0 Å². The van der Waals surface area contributed by atoms with Crippen molar-refractivity contribution in [2.45, 2.75) is 45.6 Å². The number of hydrogen-bond acceptors (Lipinski definition) is 4. The molecule has 1 rings (SSSR count). The van der Waals surface area contributed by atoms with Gasteiger partial charge in [0, 0.05) is 0 Å². The van der Waals surface area contributed by atoms with Gasteiger partial charge in [0.15, 0.2) is 0 Å². The van der Waals surface area contributed by atoms with Crippen molar-refractivity contribution in [1.82, 2.24) is 0 Å². The minimum Gasteiger partial charge on any atom is -0.494 e. The van der Waals surface area contributed by atoms with E-state index in [0.29, 0.717) is 13.0 Å². The Hall–Kier alpha value is -1.55. The second kappa shape index (κ2) is 7.29. The fraction of sp³-hybridized carbons (Fsp3) is 0.562. The maximum Gasteiger partial charge on any atom is 0.325 e. The van der Waals surface area contributed by atoms with Crippen LogP contribution in [-0.4, -0.2) is 25.2 Å². The number of carbonyl (C=O) groups is 1. The lowest BCUT2D eigenvalue weighted by atomic mass is 9.96. The lowest BCUT2D eigenvalue weighted by molar-refractivity contribution is -0.146. The van der Waals surface area contributed by atoms with Crippen molar-refractivity contribution in [3.8, 4) is 5.75 Å². The number of nitrogens with two attached hydrogens (primary N) is 1. The molecule has 1 aromatic carbocycles. The number of rotatable bonds is 7. The molecule has 1 atom stereocenters. The Balaban J connectivity index is 2.30. The predicted octanol–water partition coefficient (Wildman–Crippen LogP) is 2.74. The van der Waals surface area contributed by atoms with Crippen LogP contribution in [0.3, 0.4) is 0 Å². The Kier molecular flexibility index (Phi) is 6.02. The maximum absolute atomic E-state index is 11.4. The van der Waals surface area contributed by atoms with Gasteiger partial charge in [-0.05, 0) is 63.3 Å². The summed E-state index contributed by atoms with van der Waals surface area (Å²) in [6, 6.07) is 6.16. The van der Waals surface area contributed by atoms with Crippen LogP contribution in [0.5, 0.6) is 5.75 Å². The van der Waals surface area contributed by atoms with Gasteiger partial charge in [-0.2, -0.15) is 0 Å². The highest BCUT2D eigenvalue weighted by molar-refractivity contribution is 5.79. The van der Waals surface area contributed by atoms with Crippen molar-refractivity contribution in [1.29, 1.82) is 0 Å². The molecule has 0 aliphatic heterocycles. The van der Waals surface area contributed by atoms with Crippen LogP contribution < -0.4 is 10.5 Å². The molecule has 0 fully saturated rings. The molecule has 0 aromatic heterocycles. The normalized spacial score (nSPS) is 13.7. The molecule has 0 bridgehead atoms. The zero-order valence-corrected chi connectivity index (χ0v) is 12.9. The first kappa shape index (κ1) is 16.5. The van der Waals surface area contributed by atoms with Gasteiger partial charge in [0.25, 0.3) is 0 Å². The number of ether oxygens (including phenoxy) is 2. The molecule has 1 unspecified atom stereocenters. The molecule has 1 aromatic rings. The van der Waals surface area contributed by atoms with Crippen LogP contribution in [0.1, 0.15) is 37.3 Å². The standard InChI is InChI=1S/C16H25NO3/c1-12-9-13(2)11-14(10-12)20-8-6-5-7-16(3,17)15(18)19-4/h9-11H,5-8,17H2,1-4H3. The monoisotopic (exact) mass is 279 g/mol. The summed E-state index contributed by atoms with van der Waals surface area (Å²) in [6.07, 6.45) is 2.28. The van der Waals surface area contributed by atoms with E-state index in [-0.39, 0.29) is 5.97 Å². The highest BCUT2D eigenvalue weighted by atomic mass is 16.5. The van der Waals surface area contributed by atoms with Gasteiger partial charge in [-0.25, -0.2) is 0 Å². The second-order valence-corrected chi connectivity index (χ2v) is 5.54. The minimum absolute atomic E-state index is 0.368. The van der Waals surface area contributed by atoms with Gasteiger partial charge in [0.2, 0.25) is 0 Å². The van der Waals surface area contributed by atoms with Crippen LogP contribution >= 0.6 is 0 Å². The zero-order valence-electron chi connectivity index (χ0n) is 12.9. The highest BCUT2D eigenvalue weighted by Crippen LogP contribution is 2.17. The van der Waals surface area contributed by atoms with Gasteiger partial charge in [0.1, 0.15) is 11.3 Å². The molecular weight excluding hydrogens is 254 g/mol. The van der Waals surface area contributed by atoms with E-state index in [2.05, 4.69) is 24.7 Å². The molecule has 0 heterocycles. The first-order valence-corrected chi connectivity index (χ1v) is 6.93. The Labute approximate surface area is 121 Å². The van der Waals surface area contributed by atoms with Crippen LogP contribution in [0.4, 0.5) is 0 Å². The zero-order chi connectivity index (χ0) is 15.2. The van der Waals surface area contributed by atoms with Gasteiger partial charge < -0.3 is 15.2 Å². The van der Waals surface area contributed by atoms with Gasteiger partial charge in [-0.3, -0.25) is 4.79 Å². The predicted molar refractivity (Wildman–Crippen MR) is 79.9 cm³/mol. The van der Waals surface area contributed by atoms with Crippen LogP contribution in [0.25, 0.3) is 0 Å². The quantitative estimate of drug-likeness (QED) is 0.616. The SMILES string of the molecule is COC(=O)C(C)(N)CCCCOc1cc(C)cc(C)c1. The van der Waals surface area contributed by atoms with Crippen molar-refractivity contribution in [3.63, 3.8) is 0 Å². The number of methoxy groups -OCH3 is 1. The number of unbranched alkanes of at least 4 members (excludes halogenated alkanes) is 1. The maximum atomic E-state index is 11.4. The molecule has 20 heavy (non-hydrogen) atoms.